The molecule has 1 spiro atoms. The van der Waals surface area contributed by atoms with Crippen LogP contribution in [-0.4, -0.2) is 28.4 Å². The van der Waals surface area contributed by atoms with E-state index < -0.39 is 0 Å². The molecule has 1 aliphatic heterocycles. The Balaban J connectivity index is 1.68. The van der Waals surface area contributed by atoms with E-state index in [1.807, 2.05) is 16.7 Å². The zero-order valence-corrected chi connectivity index (χ0v) is 12.4. The summed E-state index contributed by atoms with van der Waals surface area (Å²) in [5.74, 6) is 0. The van der Waals surface area contributed by atoms with Crippen LogP contribution in [-0.2, 0) is 11.3 Å². The number of fused-ring (bicyclic) bond motifs is 1. The van der Waals surface area contributed by atoms with Crippen LogP contribution in [0, 0.1) is 16.7 Å². The lowest BCUT2D eigenvalue weighted by molar-refractivity contribution is 0.0608. The zero-order chi connectivity index (χ0) is 15.2. The Labute approximate surface area is 128 Å². The molecular weight excluding hydrogens is 281 g/mol. The molecule has 1 aliphatic carbocycles. The number of epoxide rings is 1. The topological polar surface area (TPSA) is 54.1 Å². The lowest BCUT2D eigenvalue weighted by Crippen LogP contribution is -2.38. The van der Waals surface area contributed by atoms with Crippen LogP contribution >= 0.6 is 0 Å². The molecule has 5 heteroatoms. The van der Waals surface area contributed by atoms with E-state index in [1.165, 1.54) is 0 Å². The molecule has 4 nitrogen and oxygen atoms in total. The first-order valence-corrected chi connectivity index (χ1v) is 7.73. The molecular formula is C17H18FN3O. The second-order valence-electron chi connectivity index (χ2n) is 6.82. The van der Waals surface area contributed by atoms with Crippen molar-refractivity contribution in [3.8, 4) is 6.07 Å². The highest BCUT2D eigenvalue weighted by molar-refractivity contribution is 5.77. The Hall–Kier alpha value is -1.93. The van der Waals surface area contributed by atoms with Gasteiger partial charge < -0.3 is 9.30 Å². The molecule has 0 radical (unpaired) electrons. The number of alkyl halides is 1. The fourth-order valence-corrected chi connectivity index (χ4v) is 3.90. The third-order valence-electron chi connectivity index (χ3n) is 5.13. The maximum absolute atomic E-state index is 13.9. The predicted molar refractivity (Wildman–Crippen MR) is 80.0 cm³/mol. The largest absolute Gasteiger partial charge is 0.370 e. The van der Waals surface area contributed by atoms with E-state index in [0.29, 0.717) is 12.1 Å². The molecule has 0 bridgehead atoms. The first-order valence-electron chi connectivity index (χ1n) is 7.73. The second kappa shape index (κ2) is 4.79. The van der Waals surface area contributed by atoms with E-state index in [1.54, 1.807) is 12.4 Å². The van der Waals surface area contributed by atoms with Crippen molar-refractivity contribution in [1.82, 2.24) is 9.55 Å². The Bertz CT molecular complexity index is 759. The van der Waals surface area contributed by atoms with Gasteiger partial charge in [-0.2, -0.15) is 5.26 Å². The van der Waals surface area contributed by atoms with E-state index in [0.717, 1.165) is 43.3 Å². The van der Waals surface area contributed by atoms with Crippen molar-refractivity contribution in [2.45, 2.75) is 37.8 Å². The highest BCUT2D eigenvalue weighted by atomic mass is 19.1. The first kappa shape index (κ1) is 13.7. The summed E-state index contributed by atoms with van der Waals surface area (Å²) in [6, 6.07) is 7.59. The van der Waals surface area contributed by atoms with Crippen LogP contribution in [0.1, 0.15) is 31.2 Å². The molecule has 1 aromatic heterocycles. The van der Waals surface area contributed by atoms with Gasteiger partial charge in [-0.05, 0) is 43.9 Å². The molecule has 114 valence electrons. The molecule has 2 aliphatic rings. The fraction of sp³-hybridized carbons (Fsp3) is 0.529. The van der Waals surface area contributed by atoms with Crippen LogP contribution in [0.4, 0.5) is 4.39 Å². The summed E-state index contributed by atoms with van der Waals surface area (Å²) in [6.07, 6.45) is 5.50. The van der Waals surface area contributed by atoms with E-state index in [-0.39, 0.29) is 17.7 Å². The number of nitrogens with zero attached hydrogens (tertiary/aromatic N) is 3. The molecule has 4 rings (SSSR count). The van der Waals surface area contributed by atoms with Gasteiger partial charge in [0.1, 0.15) is 0 Å². The number of hydrogen-bond donors (Lipinski definition) is 0. The van der Waals surface area contributed by atoms with E-state index >= 15 is 0 Å². The normalized spacial score (nSPS) is 30.5. The van der Waals surface area contributed by atoms with Gasteiger partial charge in [0.05, 0.1) is 47.9 Å². The highest BCUT2D eigenvalue weighted by Gasteiger charge is 2.53. The van der Waals surface area contributed by atoms with Crippen molar-refractivity contribution < 1.29 is 9.13 Å². The third-order valence-corrected chi connectivity index (χ3v) is 5.13. The minimum absolute atomic E-state index is 0.0570. The van der Waals surface area contributed by atoms with Crippen LogP contribution in [0.2, 0.25) is 0 Å². The molecule has 2 aromatic rings. The van der Waals surface area contributed by atoms with Crippen molar-refractivity contribution >= 4 is 11.0 Å². The summed E-state index contributed by atoms with van der Waals surface area (Å²) in [4.78, 5) is 4.38. The molecule has 2 atom stereocenters. The van der Waals surface area contributed by atoms with Crippen LogP contribution in [0.15, 0.2) is 24.5 Å². The third kappa shape index (κ3) is 2.19. The van der Waals surface area contributed by atoms with Crippen molar-refractivity contribution in [3.05, 3.63) is 30.1 Å². The van der Waals surface area contributed by atoms with Gasteiger partial charge in [-0.15, -0.1) is 0 Å². The van der Waals surface area contributed by atoms with Gasteiger partial charge in [-0.1, -0.05) is 0 Å². The Morgan fingerprint density at radius 1 is 1.41 bits per heavy atom. The molecule has 1 aromatic carbocycles. The van der Waals surface area contributed by atoms with Crippen LogP contribution < -0.4 is 0 Å². The average molecular weight is 299 g/mol. The molecule has 0 unspecified atom stereocenters. The van der Waals surface area contributed by atoms with Gasteiger partial charge in [0.2, 0.25) is 0 Å². The van der Waals surface area contributed by atoms with Crippen molar-refractivity contribution in [1.29, 1.82) is 5.26 Å². The highest BCUT2D eigenvalue weighted by Crippen LogP contribution is 2.51. The van der Waals surface area contributed by atoms with E-state index in [2.05, 4.69) is 11.1 Å². The summed E-state index contributed by atoms with van der Waals surface area (Å²) in [6.45, 7) is 1.04. The van der Waals surface area contributed by atoms with Gasteiger partial charge in [0.25, 0.3) is 0 Å². The number of imidazole rings is 1. The summed E-state index contributed by atoms with van der Waals surface area (Å²) in [5.41, 5.74) is 1.93. The number of aromatic nitrogens is 2. The Kier molecular flexibility index (Phi) is 2.98. The number of benzene rings is 1. The average Bonchev–Trinajstić information content (AvgIpc) is 3.17. The number of rotatable bonds is 3. The van der Waals surface area contributed by atoms with Crippen molar-refractivity contribution in [2.75, 3.05) is 13.3 Å². The summed E-state index contributed by atoms with van der Waals surface area (Å²) in [5, 5.41) is 9.06. The summed E-state index contributed by atoms with van der Waals surface area (Å²) >= 11 is 0. The Morgan fingerprint density at radius 2 is 2.27 bits per heavy atom. The maximum Gasteiger partial charge on any atom is 0.0992 e. The monoisotopic (exact) mass is 299 g/mol. The molecule has 22 heavy (non-hydrogen) atoms. The van der Waals surface area contributed by atoms with Gasteiger partial charge in [-0.3, -0.25) is 4.39 Å². The van der Waals surface area contributed by atoms with Gasteiger partial charge in [0.15, 0.2) is 0 Å². The summed E-state index contributed by atoms with van der Waals surface area (Å²) in [7, 11) is 0. The maximum atomic E-state index is 13.9. The lowest BCUT2D eigenvalue weighted by atomic mass is 9.70. The molecule has 0 amide bonds. The minimum Gasteiger partial charge on any atom is -0.370 e. The molecule has 1 saturated carbocycles. The first-order chi connectivity index (χ1) is 10.7. The number of ether oxygens (including phenoxy) is 1. The lowest BCUT2D eigenvalue weighted by Gasteiger charge is -2.38. The molecule has 2 heterocycles. The van der Waals surface area contributed by atoms with E-state index in [4.69, 9.17) is 10.00 Å². The van der Waals surface area contributed by atoms with Crippen molar-refractivity contribution in [3.63, 3.8) is 0 Å². The van der Waals surface area contributed by atoms with Crippen molar-refractivity contribution in [2.24, 2.45) is 5.41 Å². The second-order valence-corrected chi connectivity index (χ2v) is 6.82. The molecule has 0 N–H and O–H groups in total. The van der Waals surface area contributed by atoms with Crippen LogP contribution in [0.5, 0.6) is 0 Å². The number of nitriles is 1. The minimum atomic E-state index is -0.370. The van der Waals surface area contributed by atoms with Crippen LogP contribution in [0.25, 0.3) is 11.0 Å². The quantitative estimate of drug-likeness (QED) is 0.818. The van der Waals surface area contributed by atoms with Gasteiger partial charge >= 0.3 is 0 Å². The van der Waals surface area contributed by atoms with Gasteiger partial charge in [-0.25, -0.2) is 4.98 Å². The van der Waals surface area contributed by atoms with Gasteiger partial charge in [0, 0.05) is 12.0 Å². The van der Waals surface area contributed by atoms with Crippen LogP contribution in [0.3, 0.4) is 0 Å². The van der Waals surface area contributed by atoms with E-state index in [9.17, 15) is 4.39 Å². The fourth-order valence-electron chi connectivity index (χ4n) is 3.90. The number of halogens is 1. The zero-order valence-electron chi connectivity index (χ0n) is 12.4. The smallest absolute Gasteiger partial charge is 0.0992 e. The molecule has 1 saturated heterocycles. The number of hydrogen-bond acceptors (Lipinski definition) is 3. The SMILES string of the molecule is N#Cc1ccc2ncn(C[C@@]3(CF)CCC[C@]4(CO4)C3)c2c1. The summed E-state index contributed by atoms with van der Waals surface area (Å²) < 4.78 is 21.5. The Morgan fingerprint density at radius 3 is 3.00 bits per heavy atom. The standard InChI is InChI=1S/C17H18FN3O/c18-9-16(4-1-5-17(8-16)11-22-17)10-21-12-20-14-3-2-13(7-19)6-15(14)21/h2-3,6,12H,1,4-5,8-11H2/t16-,17+/m0/s1. The molecule has 2 fully saturated rings. The predicted octanol–water partition coefficient (Wildman–Crippen LogP) is 3.21.